The number of carbonyl (C=O) groups excluding carboxylic acids is 1. The number of ketones is 1. The lowest BCUT2D eigenvalue weighted by Crippen LogP contribution is -2.53. The molecule has 0 aromatic heterocycles. The van der Waals surface area contributed by atoms with Crippen LogP contribution in [0, 0.1) is 28.1 Å². The monoisotopic (exact) mass is 356 g/mol. The highest BCUT2D eigenvalue weighted by molar-refractivity contribution is 6.74. The highest BCUT2D eigenvalue weighted by atomic mass is 28.4. The minimum atomic E-state index is -2.44. The first-order valence-corrected chi connectivity index (χ1v) is 11.3. The van der Waals surface area contributed by atoms with Gasteiger partial charge < -0.3 is 4.43 Å². The predicted molar refractivity (Wildman–Crippen MR) is 101 cm³/mol. The van der Waals surface area contributed by atoms with Crippen molar-refractivity contribution in [1.82, 2.24) is 0 Å². The molecule has 1 atom stereocenters. The van der Waals surface area contributed by atoms with Crippen LogP contribution in [0.25, 0.3) is 0 Å². The van der Waals surface area contributed by atoms with Crippen LogP contribution >= 0.6 is 0 Å². The lowest BCUT2D eigenvalue weighted by Gasteiger charge is -2.43. The Morgan fingerprint density at radius 2 is 1.64 bits per heavy atom. The topological polar surface area (TPSA) is 73.9 Å². The van der Waals surface area contributed by atoms with Gasteiger partial charge in [0.05, 0.1) is 11.6 Å². The summed E-state index contributed by atoms with van der Waals surface area (Å²) in [6.45, 7) is 15.6. The average molecular weight is 357 g/mol. The molecule has 0 bridgehead atoms. The summed E-state index contributed by atoms with van der Waals surface area (Å²) in [4.78, 5) is 13.3. The van der Waals surface area contributed by atoms with Gasteiger partial charge in [0.2, 0.25) is 5.60 Å². The molecule has 0 aliphatic carbocycles. The number of nitrogens with zero attached hydrogens (tertiary/aromatic N) is 2. The molecule has 5 heteroatoms. The molecule has 0 aliphatic rings. The summed E-state index contributed by atoms with van der Waals surface area (Å²) in [5, 5.41) is 19.1. The lowest BCUT2D eigenvalue weighted by atomic mass is 9.77. The maximum Gasteiger partial charge on any atom is 0.230 e. The van der Waals surface area contributed by atoms with E-state index in [9.17, 15) is 15.3 Å². The maximum atomic E-state index is 13.3. The molecule has 0 N–H and O–H groups in total. The van der Waals surface area contributed by atoms with Crippen LogP contribution in [0.5, 0.6) is 0 Å². The van der Waals surface area contributed by atoms with Crippen molar-refractivity contribution < 1.29 is 9.22 Å². The first-order valence-electron chi connectivity index (χ1n) is 8.38. The molecule has 1 rings (SSSR count). The van der Waals surface area contributed by atoms with Gasteiger partial charge in [0.25, 0.3) is 0 Å². The average Bonchev–Trinajstić information content (AvgIpc) is 2.50. The van der Waals surface area contributed by atoms with Crippen molar-refractivity contribution in [3.63, 3.8) is 0 Å². The fourth-order valence-corrected chi connectivity index (χ4v) is 3.57. The van der Waals surface area contributed by atoms with Crippen LogP contribution in [0.1, 0.15) is 52.7 Å². The molecule has 1 aromatic rings. The molecule has 0 heterocycles. The number of benzene rings is 1. The highest BCUT2D eigenvalue weighted by Gasteiger charge is 2.53. The van der Waals surface area contributed by atoms with Gasteiger partial charge in [-0.25, -0.2) is 0 Å². The molecule has 4 nitrogen and oxygen atoms in total. The van der Waals surface area contributed by atoms with Crippen molar-refractivity contribution in [2.75, 3.05) is 0 Å². The van der Waals surface area contributed by atoms with Crippen molar-refractivity contribution in [1.29, 1.82) is 10.5 Å². The van der Waals surface area contributed by atoms with Gasteiger partial charge in [0.1, 0.15) is 6.07 Å². The van der Waals surface area contributed by atoms with Gasteiger partial charge >= 0.3 is 0 Å². The van der Waals surface area contributed by atoms with Crippen molar-refractivity contribution in [2.24, 2.45) is 5.41 Å². The Kier molecular flexibility index (Phi) is 5.69. The summed E-state index contributed by atoms with van der Waals surface area (Å²) >= 11 is 0. The van der Waals surface area contributed by atoms with Crippen molar-refractivity contribution in [3.05, 3.63) is 35.4 Å². The number of rotatable bonds is 4. The minimum Gasteiger partial charge on any atom is -0.390 e. The standard InChI is InChI=1S/C20H28N2O2Si/c1-18(2,3)17(23)20(14-22,24-25(7,8)19(4,5)6)16-11-9-10-15(12-16)13-21/h9-12H,1-8H3. The predicted octanol–water partition coefficient (Wildman–Crippen LogP) is 4.91. The molecule has 25 heavy (non-hydrogen) atoms. The van der Waals surface area contributed by atoms with Gasteiger partial charge in [-0.2, -0.15) is 10.5 Å². The van der Waals surface area contributed by atoms with E-state index in [-0.39, 0.29) is 10.8 Å². The van der Waals surface area contributed by atoms with Crippen LogP contribution < -0.4 is 0 Å². The third-order valence-electron chi connectivity index (χ3n) is 4.77. The van der Waals surface area contributed by atoms with Crippen molar-refractivity contribution in [3.8, 4) is 12.1 Å². The first kappa shape index (κ1) is 21.1. The second-order valence-electron chi connectivity index (χ2n) is 8.93. The molecular formula is C20H28N2O2Si. The van der Waals surface area contributed by atoms with Gasteiger partial charge in [-0.05, 0) is 30.3 Å². The Morgan fingerprint density at radius 1 is 1.08 bits per heavy atom. The van der Waals surface area contributed by atoms with E-state index < -0.39 is 19.3 Å². The Balaban J connectivity index is 3.70. The summed E-state index contributed by atoms with van der Waals surface area (Å²) in [6, 6.07) is 10.9. The summed E-state index contributed by atoms with van der Waals surface area (Å²) in [5.41, 5.74) is -1.65. The van der Waals surface area contributed by atoms with Gasteiger partial charge in [0, 0.05) is 11.0 Å². The molecule has 1 unspecified atom stereocenters. The third-order valence-corrected chi connectivity index (χ3v) is 9.20. The molecule has 1 aromatic carbocycles. The molecule has 0 aliphatic heterocycles. The number of hydrogen-bond acceptors (Lipinski definition) is 4. The summed E-state index contributed by atoms with van der Waals surface area (Å²) in [6.07, 6.45) is 0. The van der Waals surface area contributed by atoms with Crippen LogP contribution in [-0.2, 0) is 14.8 Å². The first-order chi connectivity index (χ1) is 11.2. The maximum absolute atomic E-state index is 13.3. The fourth-order valence-electron chi connectivity index (χ4n) is 2.25. The number of Topliss-reactive ketones (excluding diaryl/α,β-unsaturated/α-hetero) is 1. The number of nitriles is 2. The number of hydrogen-bond donors (Lipinski definition) is 0. The van der Waals surface area contributed by atoms with Gasteiger partial charge in [0.15, 0.2) is 14.1 Å². The van der Waals surface area contributed by atoms with E-state index in [1.54, 1.807) is 45.0 Å². The van der Waals surface area contributed by atoms with Crippen molar-refractivity contribution >= 4 is 14.1 Å². The van der Waals surface area contributed by atoms with Crippen LogP contribution in [0.3, 0.4) is 0 Å². The summed E-state index contributed by atoms with van der Waals surface area (Å²) in [5.74, 6) is -0.289. The van der Waals surface area contributed by atoms with E-state index in [2.05, 4.69) is 32.9 Å². The summed E-state index contributed by atoms with van der Waals surface area (Å²) < 4.78 is 6.43. The zero-order valence-electron chi connectivity index (χ0n) is 16.5. The largest absolute Gasteiger partial charge is 0.390 e. The second-order valence-corrected chi connectivity index (χ2v) is 13.7. The second kappa shape index (κ2) is 6.75. The Morgan fingerprint density at radius 3 is 2.04 bits per heavy atom. The normalized spacial score (nSPS) is 15.0. The Bertz CT molecular complexity index is 743. The molecule has 0 saturated heterocycles. The molecule has 0 spiro atoms. The molecule has 134 valence electrons. The molecule has 0 fully saturated rings. The van der Waals surface area contributed by atoms with E-state index in [0.717, 1.165) is 0 Å². The molecule has 0 amide bonds. The van der Waals surface area contributed by atoms with E-state index in [1.165, 1.54) is 0 Å². The SMILES string of the molecule is CC(C)(C)C(=O)C(C#N)(O[Si](C)(C)C(C)(C)C)c1cccc(C#N)c1. The zero-order chi connectivity index (χ0) is 19.7. The zero-order valence-corrected chi connectivity index (χ0v) is 17.5. The van der Waals surface area contributed by atoms with Gasteiger partial charge in [-0.1, -0.05) is 53.7 Å². The van der Waals surface area contributed by atoms with Gasteiger partial charge in [-0.3, -0.25) is 4.79 Å². The third kappa shape index (κ3) is 4.18. The van der Waals surface area contributed by atoms with E-state index in [4.69, 9.17) is 4.43 Å². The van der Waals surface area contributed by atoms with Crippen LogP contribution in [-0.4, -0.2) is 14.1 Å². The Labute approximate surface area is 152 Å². The number of carbonyl (C=O) groups is 1. The van der Waals surface area contributed by atoms with Crippen molar-refractivity contribution in [2.45, 2.75) is 65.3 Å². The molecule has 0 saturated carbocycles. The molecular weight excluding hydrogens is 328 g/mol. The van der Waals surface area contributed by atoms with Crippen LogP contribution in [0.2, 0.25) is 18.1 Å². The smallest absolute Gasteiger partial charge is 0.230 e. The van der Waals surface area contributed by atoms with E-state index >= 15 is 0 Å². The fraction of sp³-hybridized carbons (Fsp3) is 0.550. The lowest BCUT2D eigenvalue weighted by molar-refractivity contribution is -0.139. The molecule has 0 radical (unpaired) electrons. The van der Waals surface area contributed by atoms with Crippen LogP contribution in [0.4, 0.5) is 0 Å². The van der Waals surface area contributed by atoms with E-state index in [1.807, 2.05) is 13.1 Å². The Hall–Kier alpha value is -1.95. The summed E-state index contributed by atoms with van der Waals surface area (Å²) in [7, 11) is -2.44. The van der Waals surface area contributed by atoms with E-state index in [0.29, 0.717) is 11.1 Å². The highest BCUT2D eigenvalue weighted by Crippen LogP contribution is 2.44. The van der Waals surface area contributed by atoms with Crippen LogP contribution in [0.15, 0.2) is 24.3 Å². The minimum absolute atomic E-state index is 0.167. The quantitative estimate of drug-likeness (QED) is 0.718. The van der Waals surface area contributed by atoms with Gasteiger partial charge in [-0.15, -0.1) is 0 Å².